The topological polar surface area (TPSA) is 57.4 Å². The fourth-order valence-electron chi connectivity index (χ4n) is 4.73. The Hall–Kier alpha value is -2.15. The minimum absolute atomic E-state index is 0.0815. The molecule has 2 atom stereocenters. The fraction of sp³-hybridized carbons (Fsp3) is 0.423. The maximum Gasteiger partial charge on any atom is 0.268 e. The van der Waals surface area contributed by atoms with E-state index in [1.807, 2.05) is 42.5 Å². The van der Waals surface area contributed by atoms with Crippen LogP contribution in [0.4, 0.5) is 0 Å². The van der Waals surface area contributed by atoms with Crippen molar-refractivity contribution in [2.24, 2.45) is 11.8 Å². The molecule has 4 rings (SSSR count). The number of methoxy groups -OCH3 is 1. The van der Waals surface area contributed by atoms with Gasteiger partial charge in [0.2, 0.25) is 0 Å². The molecule has 33 heavy (non-hydrogen) atoms. The molecule has 0 spiro atoms. The number of hydrogen-bond acceptors (Lipinski definition) is 4. The molecule has 5 nitrogen and oxygen atoms in total. The molecule has 1 aromatic heterocycles. The van der Waals surface area contributed by atoms with Crippen LogP contribution in [0.3, 0.4) is 0 Å². The molecule has 1 aliphatic heterocycles. The van der Waals surface area contributed by atoms with Gasteiger partial charge >= 0.3 is 0 Å². The number of fused-ring (bicyclic) bond motifs is 1. The summed E-state index contributed by atoms with van der Waals surface area (Å²) in [5, 5.41) is 4.81. The number of likely N-dealkylation sites (tertiary alicyclic amines) is 1. The molecule has 0 unspecified atom stereocenters. The summed E-state index contributed by atoms with van der Waals surface area (Å²) in [6.45, 7) is 8.64. The summed E-state index contributed by atoms with van der Waals surface area (Å²) in [5.41, 5.74) is 1.46. The van der Waals surface area contributed by atoms with Crippen molar-refractivity contribution in [3.05, 3.63) is 53.2 Å². The Bertz CT molecular complexity index is 1090. The number of rotatable bonds is 8. The molecule has 1 aliphatic rings. The molecule has 0 bridgehead atoms. The van der Waals surface area contributed by atoms with Crippen LogP contribution in [-0.2, 0) is 0 Å². The molecule has 2 heterocycles. The van der Waals surface area contributed by atoms with E-state index >= 15 is 0 Å². The Morgan fingerprint density at radius 2 is 1.91 bits per heavy atom. The first-order chi connectivity index (χ1) is 15.9. The van der Waals surface area contributed by atoms with Gasteiger partial charge in [0.25, 0.3) is 5.91 Å². The molecule has 0 saturated carbocycles. The van der Waals surface area contributed by atoms with Crippen molar-refractivity contribution in [1.82, 2.24) is 15.2 Å². The minimum atomic E-state index is -0.0815. The van der Waals surface area contributed by atoms with E-state index < -0.39 is 0 Å². The SMILES string of the molecule is COc1ccc2c(Sc3ccc(Cl)cc3)c(C(=O)NCCCN3C[C@H](C)C[C@@H](C)C3)[nH]c2c1. The van der Waals surface area contributed by atoms with E-state index in [0.717, 1.165) is 64.3 Å². The Morgan fingerprint density at radius 3 is 2.61 bits per heavy atom. The van der Waals surface area contributed by atoms with Gasteiger partial charge < -0.3 is 19.9 Å². The second-order valence-electron chi connectivity index (χ2n) is 9.11. The lowest BCUT2D eigenvalue weighted by Crippen LogP contribution is -2.40. The third-order valence-corrected chi connectivity index (χ3v) is 7.49. The number of piperidine rings is 1. The molecule has 0 aliphatic carbocycles. The van der Waals surface area contributed by atoms with Gasteiger partial charge in [-0.2, -0.15) is 0 Å². The number of H-pyrrole nitrogens is 1. The lowest BCUT2D eigenvalue weighted by Gasteiger charge is -2.34. The lowest BCUT2D eigenvalue weighted by molar-refractivity contribution is 0.0940. The predicted molar refractivity (Wildman–Crippen MR) is 137 cm³/mol. The van der Waals surface area contributed by atoms with E-state index in [2.05, 4.69) is 29.0 Å². The standard InChI is InChI=1S/C26H32ClN3O2S/c1-17-13-18(2)16-30(15-17)12-4-11-28-26(31)24-25(33-21-8-5-19(27)6-9-21)22-10-7-20(32-3)14-23(22)29-24/h5-10,14,17-18,29H,4,11-13,15-16H2,1-3H3,(H,28,31)/t17-,18-/m1/s1. The van der Waals surface area contributed by atoms with Crippen molar-refractivity contribution >= 4 is 40.2 Å². The summed E-state index contributed by atoms with van der Waals surface area (Å²) in [4.78, 5) is 21.0. The highest BCUT2D eigenvalue weighted by molar-refractivity contribution is 7.99. The van der Waals surface area contributed by atoms with Crippen LogP contribution in [0, 0.1) is 11.8 Å². The Kier molecular flexibility index (Phi) is 7.89. The van der Waals surface area contributed by atoms with Crippen molar-refractivity contribution < 1.29 is 9.53 Å². The van der Waals surface area contributed by atoms with Gasteiger partial charge in [-0.05, 0) is 67.6 Å². The minimum Gasteiger partial charge on any atom is -0.497 e. The Balaban J connectivity index is 1.46. The fourth-order valence-corrected chi connectivity index (χ4v) is 5.90. The van der Waals surface area contributed by atoms with E-state index in [1.54, 1.807) is 18.9 Å². The van der Waals surface area contributed by atoms with E-state index in [9.17, 15) is 4.79 Å². The summed E-state index contributed by atoms with van der Waals surface area (Å²) >= 11 is 7.61. The van der Waals surface area contributed by atoms with Crippen LogP contribution in [-0.4, -0.2) is 49.1 Å². The first kappa shape index (κ1) is 24.0. The smallest absolute Gasteiger partial charge is 0.268 e. The zero-order chi connectivity index (χ0) is 23.4. The van der Waals surface area contributed by atoms with Crippen LogP contribution in [0.1, 0.15) is 37.2 Å². The van der Waals surface area contributed by atoms with Gasteiger partial charge in [0.1, 0.15) is 11.4 Å². The first-order valence-corrected chi connectivity index (χ1v) is 12.8. The van der Waals surface area contributed by atoms with Gasteiger partial charge in [0, 0.05) is 41.0 Å². The normalized spacial score (nSPS) is 19.0. The van der Waals surface area contributed by atoms with Crippen LogP contribution in [0.2, 0.25) is 5.02 Å². The van der Waals surface area contributed by atoms with Crippen LogP contribution >= 0.6 is 23.4 Å². The lowest BCUT2D eigenvalue weighted by atomic mass is 9.92. The molecule has 3 aromatic rings. The van der Waals surface area contributed by atoms with E-state index in [-0.39, 0.29) is 5.91 Å². The van der Waals surface area contributed by atoms with Crippen molar-refractivity contribution in [3.63, 3.8) is 0 Å². The number of benzene rings is 2. The van der Waals surface area contributed by atoms with Crippen molar-refractivity contribution in [2.45, 2.75) is 36.5 Å². The quantitative estimate of drug-likeness (QED) is 0.380. The predicted octanol–water partition coefficient (Wildman–Crippen LogP) is 6.08. The summed E-state index contributed by atoms with van der Waals surface area (Å²) in [6, 6.07) is 13.5. The van der Waals surface area contributed by atoms with Gasteiger partial charge in [-0.1, -0.05) is 37.2 Å². The van der Waals surface area contributed by atoms with Crippen molar-refractivity contribution in [3.8, 4) is 5.75 Å². The number of nitrogens with zero attached hydrogens (tertiary/aromatic N) is 1. The van der Waals surface area contributed by atoms with E-state index in [1.165, 1.54) is 6.42 Å². The molecule has 1 fully saturated rings. The number of aromatic nitrogens is 1. The highest BCUT2D eigenvalue weighted by atomic mass is 35.5. The summed E-state index contributed by atoms with van der Waals surface area (Å²) < 4.78 is 5.37. The number of halogens is 1. The number of aromatic amines is 1. The van der Waals surface area contributed by atoms with E-state index in [0.29, 0.717) is 17.3 Å². The molecule has 1 saturated heterocycles. The van der Waals surface area contributed by atoms with Gasteiger partial charge in [0.05, 0.1) is 17.5 Å². The molecule has 1 amide bonds. The number of ether oxygens (including phenoxy) is 1. The second-order valence-corrected chi connectivity index (χ2v) is 10.6. The molecule has 2 aromatic carbocycles. The van der Waals surface area contributed by atoms with Gasteiger partial charge in [-0.15, -0.1) is 0 Å². The first-order valence-electron chi connectivity index (χ1n) is 11.6. The molecular formula is C26H32ClN3O2S. The maximum absolute atomic E-state index is 13.2. The summed E-state index contributed by atoms with van der Waals surface area (Å²) in [5.74, 6) is 2.17. The maximum atomic E-state index is 13.2. The van der Waals surface area contributed by atoms with Crippen molar-refractivity contribution in [2.75, 3.05) is 33.3 Å². The average Bonchev–Trinajstić information content (AvgIpc) is 3.15. The number of carbonyl (C=O) groups excluding carboxylic acids is 1. The zero-order valence-electron chi connectivity index (χ0n) is 19.5. The molecular weight excluding hydrogens is 454 g/mol. The third-order valence-electron chi connectivity index (χ3n) is 6.10. The number of carbonyl (C=O) groups is 1. The number of hydrogen-bond donors (Lipinski definition) is 2. The van der Waals surface area contributed by atoms with Crippen LogP contribution in [0.15, 0.2) is 52.3 Å². The zero-order valence-corrected chi connectivity index (χ0v) is 21.1. The van der Waals surface area contributed by atoms with Crippen molar-refractivity contribution in [1.29, 1.82) is 0 Å². The third kappa shape index (κ3) is 6.05. The molecule has 2 N–H and O–H groups in total. The highest BCUT2D eigenvalue weighted by Crippen LogP contribution is 2.38. The number of nitrogens with one attached hydrogen (secondary N) is 2. The van der Waals surface area contributed by atoms with Gasteiger partial charge in [-0.25, -0.2) is 0 Å². The van der Waals surface area contributed by atoms with Crippen LogP contribution in [0.5, 0.6) is 5.75 Å². The number of amides is 1. The van der Waals surface area contributed by atoms with Crippen LogP contribution < -0.4 is 10.1 Å². The van der Waals surface area contributed by atoms with Gasteiger partial charge in [0.15, 0.2) is 0 Å². The molecule has 0 radical (unpaired) electrons. The highest BCUT2D eigenvalue weighted by Gasteiger charge is 2.22. The molecule has 176 valence electrons. The Labute approximate surface area is 205 Å². The summed E-state index contributed by atoms with van der Waals surface area (Å²) in [7, 11) is 1.64. The summed E-state index contributed by atoms with van der Waals surface area (Å²) in [6.07, 6.45) is 2.26. The molecule has 7 heteroatoms. The Morgan fingerprint density at radius 1 is 1.18 bits per heavy atom. The second kappa shape index (κ2) is 10.9. The monoisotopic (exact) mass is 485 g/mol. The average molecular weight is 486 g/mol. The van der Waals surface area contributed by atoms with E-state index in [4.69, 9.17) is 16.3 Å². The van der Waals surface area contributed by atoms with Crippen LogP contribution in [0.25, 0.3) is 10.9 Å². The van der Waals surface area contributed by atoms with Gasteiger partial charge in [-0.3, -0.25) is 4.79 Å². The largest absolute Gasteiger partial charge is 0.497 e.